The molecule has 6 aromatic rings. The second-order valence-corrected chi connectivity index (χ2v) is 24.8. The normalized spacial score (nSPS) is 19.6. The van der Waals surface area contributed by atoms with Crippen molar-refractivity contribution >= 4 is 95.4 Å². The van der Waals surface area contributed by atoms with Crippen molar-refractivity contribution in [3.05, 3.63) is 90.3 Å². The third kappa shape index (κ3) is 18.7. The van der Waals surface area contributed by atoms with Gasteiger partial charge in [0.2, 0.25) is 0 Å². The van der Waals surface area contributed by atoms with Gasteiger partial charge >= 0.3 is 30.8 Å². The largest absolute Gasteiger partial charge is 1.00 e. The van der Waals surface area contributed by atoms with Gasteiger partial charge in [0.15, 0.2) is 17.4 Å². The van der Waals surface area contributed by atoms with Crippen LogP contribution < -0.4 is 49.9 Å². The summed E-state index contributed by atoms with van der Waals surface area (Å²) in [4.78, 5) is 55.8. The van der Waals surface area contributed by atoms with Crippen molar-refractivity contribution in [2.24, 2.45) is 23.5 Å². The molecule has 3 aliphatic rings. The van der Waals surface area contributed by atoms with Crippen LogP contribution in [-0.4, -0.2) is 158 Å². The minimum atomic E-state index is -0.755. The maximum absolute atomic E-state index is 12.0. The maximum Gasteiger partial charge on any atom is 1.00 e. The number of halogens is 1. The summed E-state index contributed by atoms with van der Waals surface area (Å²) >= 11 is 3.13. The number of nitrogens with two attached hydrogens (primary N) is 1. The Morgan fingerprint density at radius 2 is 0.928 bits per heavy atom. The minimum Gasteiger partial charge on any atom is -1.00 e. The molecule has 5 N–H and O–H groups in total. The molecule has 83 heavy (non-hydrogen) atoms. The number of fused-ring (bicyclic) bond motifs is 3. The van der Waals surface area contributed by atoms with Crippen molar-refractivity contribution in [3.63, 3.8) is 0 Å². The predicted octanol–water partition coefficient (Wildman–Crippen LogP) is 3.91. The predicted molar refractivity (Wildman–Crippen MR) is 333 cm³/mol. The van der Waals surface area contributed by atoms with E-state index in [0.717, 1.165) is 92.1 Å². The molecule has 0 spiro atoms. The van der Waals surface area contributed by atoms with Gasteiger partial charge in [0.05, 0.1) is 54.6 Å². The summed E-state index contributed by atoms with van der Waals surface area (Å²) in [5.41, 5.74) is 13.9. The Morgan fingerprint density at radius 3 is 1.23 bits per heavy atom. The van der Waals surface area contributed by atoms with E-state index in [1.165, 1.54) is 14.2 Å². The number of hydrogen-bond acceptors (Lipinski definition) is 20. The number of nitriles is 3. The van der Waals surface area contributed by atoms with Crippen LogP contribution in [0.4, 0.5) is 17.1 Å². The molecule has 0 aliphatic carbocycles. The van der Waals surface area contributed by atoms with Gasteiger partial charge in [0.1, 0.15) is 61.2 Å². The molecule has 0 saturated carbocycles. The molecular formula is C60H84AlBrLiN15O5. The molecule has 3 aliphatic heterocycles. The molecule has 440 valence electrons. The van der Waals surface area contributed by atoms with Crippen molar-refractivity contribution in [3.8, 4) is 18.2 Å². The van der Waals surface area contributed by atoms with Gasteiger partial charge in [-0.15, -0.1) is 0 Å². The number of carbonyl (C=O) groups is 2. The fourth-order valence-corrected chi connectivity index (χ4v) is 10.9. The van der Waals surface area contributed by atoms with E-state index in [4.69, 9.17) is 15.7 Å². The first-order chi connectivity index (χ1) is 37.9. The molecule has 20 nitrogen and oxygen atoms in total. The van der Waals surface area contributed by atoms with Gasteiger partial charge in [0, 0.05) is 100 Å². The molecule has 3 aromatic heterocycles. The molecule has 0 unspecified atom stereocenters. The number of benzene rings is 3. The number of nitrogens with one attached hydrogen (secondary N) is 2. The Balaban J connectivity index is 0.000000397. The van der Waals surface area contributed by atoms with E-state index >= 15 is 0 Å². The first-order valence-electron chi connectivity index (χ1n) is 26.9. The smallest absolute Gasteiger partial charge is 1.00 e. The number of carbonyl (C=O) groups excluding carboxylic acids is 2. The quantitative estimate of drug-likeness (QED) is 0.0859. The van der Waals surface area contributed by atoms with Gasteiger partial charge in [-0.1, -0.05) is 44.1 Å². The molecular weight excluding hydrogens is 1120 g/mol. The van der Waals surface area contributed by atoms with Gasteiger partial charge in [-0.3, -0.25) is 44.8 Å². The van der Waals surface area contributed by atoms with Crippen LogP contribution in [0.3, 0.4) is 0 Å². The maximum atomic E-state index is 12.0. The number of piperidine rings is 3. The van der Waals surface area contributed by atoms with Crippen molar-refractivity contribution in [2.45, 2.75) is 123 Å². The van der Waals surface area contributed by atoms with E-state index in [0.29, 0.717) is 51.0 Å². The van der Waals surface area contributed by atoms with Crippen LogP contribution in [0.5, 0.6) is 0 Å². The number of alkyl halides is 1. The third-order valence-corrected chi connectivity index (χ3v) is 14.5. The number of nitrogens with zero attached hydrogens (tertiary/aromatic N) is 12. The number of methoxy groups -OCH3 is 2. The van der Waals surface area contributed by atoms with E-state index in [1.54, 1.807) is 57.1 Å². The number of aliphatic hydroxyl groups excluding tert-OH is 1. The first kappa shape index (κ1) is 71.2. The zero-order chi connectivity index (χ0) is 58.5. The summed E-state index contributed by atoms with van der Waals surface area (Å²) in [6.07, 6.45) is 12.9. The fraction of sp³-hybridized carbons (Fsp3) is 0.517. The second-order valence-electron chi connectivity index (χ2n) is 22.8. The van der Waals surface area contributed by atoms with Gasteiger partial charge in [-0.2, -0.15) is 15.8 Å². The van der Waals surface area contributed by atoms with Crippen LogP contribution in [0.25, 0.3) is 33.1 Å². The molecule has 3 aromatic carbocycles. The van der Waals surface area contributed by atoms with Crippen LogP contribution in [0, 0.1) is 51.7 Å². The Bertz CT molecular complexity index is 3260. The molecule has 0 bridgehead atoms. The van der Waals surface area contributed by atoms with E-state index in [9.17, 15) is 25.2 Å². The van der Waals surface area contributed by atoms with Crippen LogP contribution in [0.15, 0.2) is 73.6 Å². The molecule has 0 radical (unpaired) electrons. The molecule has 9 rings (SSSR count). The Labute approximate surface area is 522 Å². The van der Waals surface area contributed by atoms with E-state index in [2.05, 4.69) is 115 Å². The molecule has 23 heteroatoms. The van der Waals surface area contributed by atoms with Crippen molar-refractivity contribution in [1.82, 2.24) is 40.5 Å². The zero-order valence-corrected chi connectivity index (χ0v) is 50.5. The number of anilines is 3. The topological polar surface area (TPSA) is 281 Å². The fourth-order valence-electron chi connectivity index (χ4n) is 10.7. The van der Waals surface area contributed by atoms with Gasteiger partial charge < -0.3 is 41.8 Å². The van der Waals surface area contributed by atoms with Crippen molar-refractivity contribution in [2.75, 3.05) is 74.8 Å². The Kier molecular flexibility index (Phi) is 27.2. The summed E-state index contributed by atoms with van der Waals surface area (Å²) in [7, 11) is 2.77. The summed E-state index contributed by atoms with van der Waals surface area (Å²) in [5, 5.41) is 44.4. The van der Waals surface area contributed by atoms with E-state index < -0.39 is 9.86 Å². The standard InChI is InChI=1S/C20H25N5O2.C19H25N5O.C15H17N5.C5H9BrO2.CH4.Al.Li.4H/c1-13-9-15(24-20(2,3)19(26)27-4)12-25(11-13)16-6-5-14(10-21)17-18(16)23-8-7-22-17;1-13-8-15(23-19(2,3)12-25)11-24(10-13)16-5-4-14(9-20)17-18(16)22-7-6-21-17;1-10-6-12(17)9-20(8-10)13-3-2-11(7-16)14-15(13)19-5-4-18-14;1-5(2,6)4(7)8-3;;;;;;;/h5-8,13,15,24H,9,11-12H2,1-4H3;4-7,13,15,23,25H,8,10-12H2,1-3H3;2-5,10,12H,6,8-9,17H2,1H3;1-3H3;1H4;;;;;;/q;;;;;;+1;;;;-1/t2*13-,15+;10-,12+;;;;;;;;/m000......../s1. The van der Waals surface area contributed by atoms with Gasteiger partial charge in [-0.25, -0.2) is 0 Å². The number of ether oxygens (including phenoxy) is 2. The number of esters is 2. The Morgan fingerprint density at radius 1 is 0.602 bits per heavy atom. The number of aromatic nitrogens is 6. The van der Waals surface area contributed by atoms with Crippen molar-refractivity contribution in [1.29, 1.82) is 15.8 Å². The summed E-state index contributed by atoms with van der Waals surface area (Å²) in [5.74, 6) is 0.982. The average Bonchev–Trinajstić information content (AvgIpc) is 3.18. The number of hydrogen-bond donors (Lipinski definition) is 4. The molecule has 6 atom stereocenters. The number of aliphatic hydroxyl groups is 1. The van der Waals surface area contributed by atoms with Gasteiger partial charge in [-0.05, 0) is 115 Å². The third-order valence-electron chi connectivity index (χ3n) is 14.1. The van der Waals surface area contributed by atoms with Crippen LogP contribution >= 0.6 is 15.9 Å². The number of rotatable bonds is 10. The summed E-state index contributed by atoms with van der Waals surface area (Å²) < 4.78 is 8.80. The minimum absolute atomic E-state index is 0. The van der Waals surface area contributed by atoms with Crippen LogP contribution in [-0.2, 0) is 19.1 Å². The Hall–Kier alpha value is -6.06. The SMILES string of the molecule is C.COC(=O)C(C)(C)Br.COC(=O)C(C)(C)N[C@@H]1C[C@H](C)CN(c2ccc(C#N)c3nccnc23)C1.C[C@H]1C[C@@H](N)CN(c2ccc(C#N)c3nccnc23)C1.C[C@H]1C[C@@H](NC(C)(C)CO)CN(c2ccc(C#N)c3nccnc23)C1.[AlH3].[H-].[Li+]. The van der Waals surface area contributed by atoms with Crippen molar-refractivity contribution < 1.29 is 44.5 Å². The molecule has 6 heterocycles. The average molecular weight is 1210 g/mol. The molecule has 0 amide bonds. The monoisotopic (exact) mass is 1210 g/mol. The van der Waals surface area contributed by atoms with E-state index in [1.807, 2.05) is 58.0 Å². The molecule has 3 saturated heterocycles. The van der Waals surface area contributed by atoms with Gasteiger partial charge in [0.25, 0.3) is 0 Å². The molecule has 3 fully saturated rings. The van der Waals surface area contributed by atoms with Crippen LogP contribution in [0.1, 0.15) is 107 Å². The first-order valence-corrected chi connectivity index (χ1v) is 27.7. The second kappa shape index (κ2) is 31.7. The van der Waals surface area contributed by atoms with Crippen LogP contribution in [0.2, 0.25) is 0 Å². The summed E-state index contributed by atoms with van der Waals surface area (Å²) in [6, 6.07) is 18.5. The summed E-state index contributed by atoms with van der Waals surface area (Å²) in [6.45, 7) is 23.1. The zero-order valence-electron chi connectivity index (χ0n) is 49.9. The van der Waals surface area contributed by atoms with E-state index in [-0.39, 0.29) is 87.3 Å².